The third-order valence-corrected chi connectivity index (χ3v) is 5.70. The van der Waals surface area contributed by atoms with E-state index in [0.717, 1.165) is 4.48 Å². The molecule has 1 unspecified atom stereocenters. The smallest absolute Gasteiger partial charge is 0.112 e. The van der Waals surface area contributed by atoms with E-state index in [1.807, 2.05) is 0 Å². The van der Waals surface area contributed by atoms with Crippen LogP contribution in [0.15, 0.2) is 0 Å². The predicted molar refractivity (Wildman–Crippen MR) is 113 cm³/mol. The maximum Gasteiger partial charge on any atom is 0.112 e. The molecule has 160 valence electrons. The first-order chi connectivity index (χ1) is 12.0. The molecule has 0 radical (unpaired) electrons. The summed E-state index contributed by atoms with van der Waals surface area (Å²) < 4.78 is 0.884. The van der Waals surface area contributed by atoms with E-state index >= 15 is 0 Å². The summed E-state index contributed by atoms with van der Waals surface area (Å²) in [6.07, 6.45) is 23.9. The average molecular weight is 392 g/mol. The molecule has 1 atom stereocenters. The van der Waals surface area contributed by atoms with Crippen LogP contribution in [-0.2, 0) is 0 Å². The number of likely N-dealkylation sites (N-methyl/N-ethyl adjacent to an activating group) is 1. The molecule has 0 saturated carbocycles. The van der Waals surface area contributed by atoms with Gasteiger partial charge in [-0.25, -0.2) is 0 Å². The molecule has 0 saturated heterocycles. The zero-order chi connectivity index (χ0) is 18.8. The Morgan fingerprint density at radius 2 is 0.885 bits per heavy atom. The molecule has 3 heteroatoms. The Labute approximate surface area is 172 Å². The van der Waals surface area contributed by atoms with Crippen LogP contribution in [0.2, 0.25) is 0 Å². The molecule has 0 rings (SSSR count). The number of quaternary nitrogens is 1. The third kappa shape index (κ3) is 19.0. The third-order valence-electron chi connectivity index (χ3n) is 5.70. The highest BCUT2D eigenvalue weighted by Crippen LogP contribution is 2.16. The maximum absolute atomic E-state index is 9.47. The lowest BCUT2D eigenvalue weighted by Crippen LogP contribution is -3.00. The van der Waals surface area contributed by atoms with Gasteiger partial charge in [-0.05, 0) is 6.42 Å². The molecule has 0 amide bonds. The fraction of sp³-hybridized carbons (Fsp3) is 1.00. The maximum atomic E-state index is 9.47. The average Bonchev–Trinajstić information content (AvgIpc) is 2.56. The lowest BCUT2D eigenvalue weighted by atomic mass is 10.0. The van der Waals surface area contributed by atoms with Gasteiger partial charge in [0.2, 0.25) is 0 Å². The number of hydrogen-bond donors (Lipinski definition) is 1. The molecule has 0 bridgehead atoms. The number of rotatable bonds is 19. The van der Waals surface area contributed by atoms with Crippen LogP contribution in [0.3, 0.4) is 0 Å². The van der Waals surface area contributed by atoms with E-state index in [1.165, 1.54) is 109 Å². The summed E-state index contributed by atoms with van der Waals surface area (Å²) in [7, 11) is 6.56. The zero-order valence-corrected chi connectivity index (χ0v) is 19.3. The van der Waals surface area contributed by atoms with E-state index in [0.29, 0.717) is 12.6 Å². The molecule has 0 aliphatic carbocycles. The molecule has 0 fully saturated rings. The molecule has 0 heterocycles. The van der Waals surface area contributed by atoms with E-state index in [2.05, 4.69) is 28.1 Å². The highest BCUT2D eigenvalue weighted by atomic mass is 35.5. The van der Waals surface area contributed by atoms with Crippen molar-refractivity contribution in [2.45, 2.75) is 122 Å². The fourth-order valence-electron chi connectivity index (χ4n) is 3.65. The fourth-order valence-corrected chi connectivity index (χ4v) is 3.65. The first-order valence-corrected chi connectivity index (χ1v) is 11.4. The van der Waals surface area contributed by atoms with Gasteiger partial charge in [-0.15, -0.1) is 0 Å². The van der Waals surface area contributed by atoms with Gasteiger partial charge < -0.3 is 22.0 Å². The minimum atomic E-state index is 0. The Kier molecular flexibility index (Phi) is 21.8. The van der Waals surface area contributed by atoms with Crippen molar-refractivity contribution in [3.63, 3.8) is 0 Å². The Bertz CT molecular complexity index is 265. The largest absolute Gasteiger partial charge is 1.00 e. The second kappa shape index (κ2) is 20.0. The van der Waals surface area contributed by atoms with Gasteiger partial charge in [-0.1, -0.05) is 103 Å². The first-order valence-electron chi connectivity index (χ1n) is 11.4. The van der Waals surface area contributed by atoms with Crippen molar-refractivity contribution in [3.8, 4) is 0 Å². The van der Waals surface area contributed by atoms with Gasteiger partial charge in [-0.2, -0.15) is 0 Å². The molecule has 2 nitrogen and oxygen atoms in total. The van der Waals surface area contributed by atoms with Gasteiger partial charge in [0.25, 0.3) is 0 Å². The minimum absolute atomic E-state index is 0. The second-order valence-electron chi connectivity index (χ2n) is 9.04. The standard InChI is InChI=1S/C23H50NO.ClH/c1-5-6-7-8-9-10-11-12-13-14-15-16-17-18-19-20-21-23(22-25)24(2,3)4;/h23,25H,5-22H2,1-4H3;1H/q+1;/p-1. The summed E-state index contributed by atoms with van der Waals surface area (Å²) in [6.45, 7) is 2.61. The molecule has 1 N–H and O–H groups in total. The van der Waals surface area contributed by atoms with Gasteiger partial charge in [0, 0.05) is 6.42 Å². The number of aliphatic hydroxyl groups is 1. The Morgan fingerprint density at radius 1 is 0.577 bits per heavy atom. The van der Waals surface area contributed by atoms with Gasteiger partial charge in [-0.3, -0.25) is 0 Å². The van der Waals surface area contributed by atoms with Gasteiger partial charge in [0.1, 0.15) is 6.04 Å². The van der Waals surface area contributed by atoms with Crippen molar-refractivity contribution < 1.29 is 22.0 Å². The molecular weight excluding hydrogens is 342 g/mol. The molecular formula is C23H50ClNO. The van der Waals surface area contributed by atoms with Crippen LogP contribution in [0.25, 0.3) is 0 Å². The summed E-state index contributed by atoms with van der Waals surface area (Å²) >= 11 is 0. The lowest BCUT2D eigenvalue weighted by molar-refractivity contribution is -0.897. The van der Waals surface area contributed by atoms with Crippen molar-refractivity contribution in [2.24, 2.45) is 0 Å². The molecule has 0 aromatic heterocycles. The Hall–Kier alpha value is 0.210. The van der Waals surface area contributed by atoms with Crippen molar-refractivity contribution in [2.75, 3.05) is 27.7 Å². The molecule has 0 aliphatic rings. The van der Waals surface area contributed by atoms with E-state index in [-0.39, 0.29) is 12.4 Å². The monoisotopic (exact) mass is 391 g/mol. The molecule has 0 aliphatic heterocycles. The Balaban J connectivity index is 0. The van der Waals surface area contributed by atoms with Crippen LogP contribution < -0.4 is 12.4 Å². The molecule has 26 heavy (non-hydrogen) atoms. The zero-order valence-electron chi connectivity index (χ0n) is 18.6. The van der Waals surface area contributed by atoms with Gasteiger partial charge >= 0.3 is 0 Å². The summed E-state index contributed by atoms with van der Waals surface area (Å²) in [5.74, 6) is 0. The van der Waals surface area contributed by atoms with Crippen LogP contribution in [0.1, 0.15) is 116 Å². The van der Waals surface area contributed by atoms with Crippen LogP contribution in [0.5, 0.6) is 0 Å². The van der Waals surface area contributed by atoms with E-state index in [9.17, 15) is 5.11 Å². The van der Waals surface area contributed by atoms with Crippen LogP contribution in [0.4, 0.5) is 0 Å². The topological polar surface area (TPSA) is 20.2 Å². The normalized spacial score (nSPS) is 12.8. The van der Waals surface area contributed by atoms with Crippen molar-refractivity contribution in [3.05, 3.63) is 0 Å². The number of unbranched alkanes of at least 4 members (excludes halogenated alkanes) is 15. The molecule has 0 aromatic rings. The number of hydrogen-bond acceptors (Lipinski definition) is 1. The molecule has 0 spiro atoms. The van der Waals surface area contributed by atoms with E-state index < -0.39 is 0 Å². The Morgan fingerprint density at radius 3 is 1.15 bits per heavy atom. The quantitative estimate of drug-likeness (QED) is 0.263. The summed E-state index contributed by atoms with van der Waals surface area (Å²) in [5, 5.41) is 9.47. The van der Waals surface area contributed by atoms with Gasteiger partial charge in [0.05, 0.1) is 27.7 Å². The lowest BCUT2D eigenvalue weighted by Gasteiger charge is -2.33. The van der Waals surface area contributed by atoms with Gasteiger partial charge in [0.15, 0.2) is 0 Å². The molecule has 0 aromatic carbocycles. The summed E-state index contributed by atoms with van der Waals surface area (Å²) in [4.78, 5) is 0. The SMILES string of the molecule is CCCCCCCCCCCCCCCCCCC(CO)[N+](C)(C)C.[Cl-]. The van der Waals surface area contributed by atoms with Crippen LogP contribution >= 0.6 is 0 Å². The second-order valence-corrected chi connectivity index (χ2v) is 9.04. The van der Waals surface area contributed by atoms with E-state index in [4.69, 9.17) is 0 Å². The van der Waals surface area contributed by atoms with Crippen molar-refractivity contribution in [1.29, 1.82) is 0 Å². The summed E-state index contributed by atoms with van der Waals surface area (Å²) in [5.41, 5.74) is 0. The number of aliphatic hydroxyl groups excluding tert-OH is 1. The number of halogens is 1. The van der Waals surface area contributed by atoms with Crippen LogP contribution in [-0.4, -0.2) is 43.4 Å². The highest BCUT2D eigenvalue weighted by molar-refractivity contribution is 4.57. The van der Waals surface area contributed by atoms with Crippen molar-refractivity contribution >= 4 is 0 Å². The number of nitrogens with zero attached hydrogens (tertiary/aromatic N) is 1. The van der Waals surface area contributed by atoms with Crippen molar-refractivity contribution in [1.82, 2.24) is 0 Å². The predicted octanol–water partition coefficient (Wildman–Crippen LogP) is 3.71. The first kappa shape index (κ1) is 28.4. The minimum Gasteiger partial charge on any atom is -1.00 e. The van der Waals surface area contributed by atoms with E-state index in [1.54, 1.807) is 0 Å². The van der Waals surface area contributed by atoms with Crippen LogP contribution in [0, 0.1) is 0 Å². The summed E-state index contributed by atoms with van der Waals surface area (Å²) in [6, 6.07) is 0.409. The highest BCUT2D eigenvalue weighted by Gasteiger charge is 2.21.